The van der Waals surface area contributed by atoms with Gasteiger partial charge < -0.3 is 25.4 Å². The second-order valence-electron chi connectivity index (χ2n) is 9.22. The second-order valence-corrected chi connectivity index (χ2v) is 9.22. The molecule has 0 heterocycles. The zero-order valence-corrected chi connectivity index (χ0v) is 21.0. The van der Waals surface area contributed by atoms with Gasteiger partial charge in [0.15, 0.2) is 0 Å². The van der Waals surface area contributed by atoms with E-state index in [-0.39, 0.29) is 6.54 Å². The van der Waals surface area contributed by atoms with Crippen molar-refractivity contribution in [2.24, 2.45) is 0 Å². The summed E-state index contributed by atoms with van der Waals surface area (Å²) in [5.74, 6) is -1.08. The topological polar surface area (TPSA) is 108 Å². The van der Waals surface area contributed by atoms with E-state index in [4.69, 9.17) is 4.74 Å². The van der Waals surface area contributed by atoms with Gasteiger partial charge in [0.1, 0.15) is 17.7 Å². The number of carbonyl (C=O) groups is 3. The van der Waals surface area contributed by atoms with E-state index < -0.39 is 42.2 Å². The molecule has 2 rings (SSSR count). The van der Waals surface area contributed by atoms with Gasteiger partial charge in [0.2, 0.25) is 5.91 Å². The maximum absolute atomic E-state index is 13.6. The van der Waals surface area contributed by atoms with Gasteiger partial charge in [-0.3, -0.25) is 9.59 Å². The quantitative estimate of drug-likeness (QED) is 0.471. The number of rotatable bonds is 9. The molecular weight excluding hydrogens is 446 g/mol. The number of nitrogens with one attached hydrogen (secondary N) is 2. The van der Waals surface area contributed by atoms with Gasteiger partial charge in [0.25, 0.3) is 5.91 Å². The Hall–Kier alpha value is -3.65. The van der Waals surface area contributed by atoms with Crippen LogP contribution in [-0.4, -0.2) is 52.7 Å². The van der Waals surface area contributed by atoms with Crippen LogP contribution in [0.1, 0.15) is 43.5 Å². The summed E-state index contributed by atoms with van der Waals surface area (Å²) in [5.41, 5.74) is 2.12. The first-order valence-electron chi connectivity index (χ1n) is 11.4. The molecule has 0 saturated heterocycles. The lowest BCUT2D eigenvalue weighted by Crippen LogP contribution is -2.54. The molecule has 3 amide bonds. The number of benzene rings is 2. The second kappa shape index (κ2) is 12.2. The van der Waals surface area contributed by atoms with Crippen LogP contribution in [0, 0.1) is 13.8 Å². The highest BCUT2D eigenvalue weighted by Gasteiger charge is 2.36. The van der Waals surface area contributed by atoms with Crippen LogP contribution >= 0.6 is 0 Å². The average molecular weight is 482 g/mol. The van der Waals surface area contributed by atoms with E-state index in [1.807, 2.05) is 44.2 Å². The van der Waals surface area contributed by atoms with Gasteiger partial charge in [-0.15, -0.1) is 6.58 Å². The highest BCUT2D eigenvalue weighted by atomic mass is 16.6. The van der Waals surface area contributed by atoms with Crippen LogP contribution < -0.4 is 10.6 Å². The van der Waals surface area contributed by atoms with Crippen molar-refractivity contribution in [2.75, 3.05) is 18.5 Å². The zero-order valence-electron chi connectivity index (χ0n) is 21.0. The van der Waals surface area contributed by atoms with E-state index in [1.165, 1.54) is 11.0 Å². The molecule has 0 aromatic heterocycles. The molecule has 0 saturated carbocycles. The number of aryl methyl sites for hydroxylation is 2. The number of anilines is 1. The van der Waals surface area contributed by atoms with Crippen LogP contribution in [0.25, 0.3) is 0 Å². The number of hydrogen-bond donors (Lipinski definition) is 3. The van der Waals surface area contributed by atoms with Crippen molar-refractivity contribution in [3.05, 3.63) is 77.9 Å². The summed E-state index contributed by atoms with van der Waals surface area (Å²) in [5, 5.41) is 15.3. The van der Waals surface area contributed by atoms with Crippen molar-refractivity contribution in [2.45, 2.75) is 52.3 Å². The number of amides is 3. The van der Waals surface area contributed by atoms with Crippen LogP contribution in [0.3, 0.4) is 0 Å². The van der Waals surface area contributed by atoms with Gasteiger partial charge in [0, 0.05) is 12.2 Å². The molecule has 2 unspecified atom stereocenters. The molecule has 0 aliphatic heterocycles. The number of ether oxygens (including phenoxy) is 1. The third kappa shape index (κ3) is 7.68. The molecule has 8 nitrogen and oxygen atoms in total. The lowest BCUT2D eigenvalue weighted by atomic mass is 9.98. The Morgan fingerprint density at radius 1 is 1.06 bits per heavy atom. The largest absolute Gasteiger partial charge is 0.444 e. The monoisotopic (exact) mass is 481 g/mol. The Kier molecular flexibility index (Phi) is 9.59. The van der Waals surface area contributed by atoms with Crippen LogP contribution in [0.2, 0.25) is 0 Å². The first-order chi connectivity index (χ1) is 16.5. The fraction of sp³-hybridized carbons (Fsp3) is 0.370. The Morgan fingerprint density at radius 3 is 2.20 bits per heavy atom. The molecule has 3 N–H and O–H groups in total. The highest BCUT2D eigenvalue weighted by Crippen LogP contribution is 2.27. The van der Waals surface area contributed by atoms with Gasteiger partial charge >= 0.3 is 6.09 Å². The minimum atomic E-state index is -1.32. The van der Waals surface area contributed by atoms with Crippen molar-refractivity contribution in [1.29, 1.82) is 0 Å². The molecule has 35 heavy (non-hydrogen) atoms. The van der Waals surface area contributed by atoms with E-state index in [0.29, 0.717) is 11.3 Å². The number of para-hydroxylation sites is 1. The normalized spacial score (nSPS) is 12.7. The molecule has 0 spiro atoms. The zero-order chi connectivity index (χ0) is 26.2. The van der Waals surface area contributed by atoms with Crippen LogP contribution in [0.4, 0.5) is 10.5 Å². The van der Waals surface area contributed by atoms with Crippen molar-refractivity contribution in [3.8, 4) is 0 Å². The van der Waals surface area contributed by atoms with E-state index >= 15 is 0 Å². The lowest BCUT2D eigenvalue weighted by Gasteiger charge is -2.34. The van der Waals surface area contributed by atoms with Gasteiger partial charge in [-0.2, -0.15) is 0 Å². The molecule has 0 bridgehead atoms. The smallest absolute Gasteiger partial charge is 0.408 e. The molecule has 2 aromatic carbocycles. The fourth-order valence-electron chi connectivity index (χ4n) is 3.56. The summed E-state index contributed by atoms with van der Waals surface area (Å²) in [4.78, 5) is 40.8. The number of nitrogens with zero attached hydrogens (tertiary/aromatic N) is 1. The summed E-state index contributed by atoms with van der Waals surface area (Å²) in [7, 11) is 0. The predicted octanol–water partition coefficient (Wildman–Crippen LogP) is 3.88. The molecule has 188 valence electrons. The van der Waals surface area contributed by atoms with Gasteiger partial charge in [0.05, 0.1) is 6.61 Å². The minimum absolute atomic E-state index is 0.00548. The summed E-state index contributed by atoms with van der Waals surface area (Å²) < 4.78 is 5.23. The SMILES string of the molecule is C=CCN(C(=O)C(CO)NC(=O)OC(C)(C)C)C(C(=O)Nc1ccccc1C)c1ccccc1C. The molecule has 0 aliphatic rings. The standard InChI is InChI=1S/C27H35N3O5/c1-7-16-30(25(33)22(17-31)29-26(34)35-27(4,5)6)23(20-14-10-8-12-18(20)2)24(32)28-21-15-11-9-13-19(21)3/h7-15,22-23,31H,1,16-17H2,2-6H3,(H,28,32)(H,29,34). The first-order valence-corrected chi connectivity index (χ1v) is 11.4. The first kappa shape index (κ1) is 27.6. The number of carbonyl (C=O) groups excluding carboxylic acids is 3. The Bertz CT molecular complexity index is 1060. The fourth-order valence-corrected chi connectivity index (χ4v) is 3.56. The van der Waals surface area contributed by atoms with Crippen molar-refractivity contribution in [1.82, 2.24) is 10.2 Å². The summed E-state index contributed by atoms with van der Waals surface area (Å²) >= 11 is 0. The van der Waals surface area contributed by atoms with E-state index in [2.05, 4.69) is 17.2 Å². The molecule has 2 atom stereocenters. The van der Waals surface area contributed by atoms with Crippen LogP contribution in [-0.2, 0) is 14.3 Å². The van der Waals surface area contributed by atoms with Gasteiger partial charge in [-0.1, -0.05) is 48.5 Å². The summed E-state index contributed by atoms with van der Waals surface area (Å²) in [6.07, 6.45) is 0.645. The number of aliphatic hydroxyl groups excluding tert-OH is 1. The molecular formula is C27H35N3O5. The number of aliphatic hydroxyl groups is 1. The lowest BCUT2D eigenvalue weighted by molar-refractivity contribution is -0.140. The maximum atomic E-state index is 13.6. The average Bonchev–Trinajstić information content (AvgIpc) is 2.78. The molecule has 0 radical (unpaired) electrons. The maximum Gasteiger partial charge on any atom is 0.408 e. The molecule has 2 aromatic rings. The minimum Gasteiger partial charge on any atom is -0.444 e. The Balaban J connectivity index is 2.46. The van der Waals surface area contributed by atoms with Crippen molar-refractivity contribution in [3.63, 3.8) is 0 Å². The Morgan fingerprint density at radius 2 is 1.66 bits per heavy atom. The third-order valence-electron chi connectivity index (χ3n) is 5.23. The number of alkyl carbamates (subject to hydrolysis) is 1. The highest BCUT2D eigenvalue weighted by molar-refractivity contribution is 5.99. The Labute approximate surface area is 207 Å². The number of hydrogen-bond acceptors (Lipinski definition) is 5. The van der Waals surface area contributed by atoms with Crippen molar-refractivity contribution < 1.29 is 24.2 Å². The van der Waals surface area contributed by atoms with Crippen LogP contribution in [0.5, 0.6) is 0 Å². The molecule has 0 aliphatic carbocycles. The van der Waals surface area contributed by atoms with Gasteiger partial charge in [-0.05, 0) is 57.4 Å². The van der Waals surface area contributed by atoms with Crippen molar-refractivity contribution >= 4 is 23.6 Å². The third-order valence-corrected chi connectivity index (χ3v) is 5.23. The van der Waals surface area contributed by atoms with E-state index in [0.717, 1.165) is 11.1 Å². The van der Waals surface area contributed by atoms with Crippen LogP contribution in [0.15, 0.2) is 61.2 Å². The predicted molar refractivity (Wildman–Crippen MR) is 136 cm³/mol. The molecule has 0 fully saturated rings. The van der Waals surface area contributed by atoms with E-state index in [9.17, 15) is 19.5 Å². The summed E-state index contributed by atoms with van der Waals surface area (Å²) in [6.45, 7) is 11.9. The van der Waals surface area contributed by atoms with Gasteiger partial charge in [-0.25, -0.2) is 4.79 Å². The molecule has 8 heteroatoms. The van der Waals surface area contributed by atoms with E-state index in [1.54, 1.807) is 39.0 Å². The summed E-state index contributed by atoms with van der Waals surface area (Å²) in [6, 6.07) is 12.2.